The first-order valence-corrected chi connectivity index (χ1v) is 9.50. The van der Waals surface area contributed by atoms with Gasteiger partial charge in [-0.1, -0.05) is 48.5 Å². The number of pyridine rings is 1. The molecule has 0 radical (unpaired) electrons. The van der Waals surface area contributed by atoms with E-state index in [0.29, 0.717) is 24.5 Å². The van der Waals surface area contributed by atoms with E-state index in [1.807, 2.05) is 48.5 Å². The van der Waals surface area contributed by atoms with Crippen LogP contribution in [0.1, 0.15) is 16.2 Å². The van der Waals surface area contributed by atoms with Gasteiger partial charge in [0.25, 0.3) is 5.89 Å². The second-order valence-electron chi connectivity index (χ2n) is 7.01. The Morgan fingerprint density at radius 1 is 0.931 bits per heavy atom. The topological polar surface area (TPSA) is 65.2 Å². The number of hydrogen-bond donors (Lipinski definition) is 0. The Labute approximate surface area is 168 Å². The van der Waals surface area contributed by atoms with Gasteiger partial charge in [-0.2, -0.15) is 0 Å². The van der Waals surface area contributed by atoms with Gasteiger partial charge >= 0.3 is 0 Å². The minimum Gasteiger partial charge on any atom is -0.493 e. The molecule has 3 heterocycles. The monoisotopic (exact) mass is 382 g/mol. The largest absolute Gasteiger partial charge is 0.493 e. The zero-order valence-corrected chi connectivity index (χ0v) is 15.6. The summed E-state index contributed by atoms with van der Waals surface area (Å²) in [4.78, 5) is 21.3. The smallest absolute Gasteiger partial charge is 0.264 e. The number of hydrogen-bond acceptors (Lipinski definition) is 5. The van der Waals surface area contributed by atoms with Crippen molar-refractivity contribution in [1.82, 2.24) is 9.97 Å². The molecule has 5 nitrogen and oxygen atoms in total. The molecule has 0 amide bonds. The van der Waals surface area contributed by atoms with Gasteiger partial charge in [0.05, 0.1) is 18.7 Å². The number of nitrogens with zero attached hydrogens (tertiary/aromatic N) is 2. The summed E-state index contributed by atoms with van der Waals surface area (Å²) in [5.41, 5.74) is 3.91. The molecule has 1 aliphatic rings. The van der Waals surface area contributed by atoms with Crippen molar-refractivity contribution in [3.8, 4) is 28.3 Å². The summed E-state index contributed by atoms with van der Waals surface area (Å²) in [6, 6.07) is 21.8. The second kappa shape index (κ2) is 7.36. The van der Waals surface area contributed by atoms with Gasteiger partial charge in [-0.25, -0.2) is 4.98 Å². The number of oxazole rings is 1. The third kappa shape index (κ3) is 3.43. The quantitative estimate of drug-likeness (QED) is 0.473. The van der Waals surface area contributed by atoms with Crippen molar-refractivity contribution in [1.29, 1.82) is 0 Å². The molecular weight excluding hydrogens is 364 g/mol. The van der Waals surface area contributed by atoms with Crippen LogP contribution >= 0.6 is 0 Å². The Morgan fingerprint density at radius 3 is 2.62 bits per heavy atom. The Morgan fingerprint density at radius 2 is 1.79 bits per heavy atom. The first-order valence-electron chi connectivity index (χ1n) is 9.50. The molecule has 0 fully saturated rings. The molecule has 0 saturated carbocycles. The lowest BCUT2D eigenvalue weighted by molar-refractivity contribution is 0.0820. The molecule has 0 unspecified atom stereocenters. The van der Waals surface area contributed by atoms with Crippen molar-refractivity contribution in [3.05, 3.63) is 90.6 Å². The van der Waals surface area contributed by atoms with Crippen LogP contribution in [0.5, 0.6) is 5.75 Å². The number of aromatic nitrogens is 2. The van der Waals surface area contributed by atoms with Crippen molar-refractivity contribution >= 4 is 5.78 Å². The molecule has 2 aromatic heterocycles. The lowest BCUT2D eigenvalue weighted by Crippen LogP contribution is -2.28. The van der Waals surface area contributed by atoms with Crippen molar-refractivity contribution in [2.75, 3.05) is 6.61 Å². The molecule has 0 saturated heterocycles. The summed E-state index contributed by atoms with van der Waals surface area (Å²) in [5, 5.41) is 0. The van der Waals surface area contributed by atoms with Crippen LogP contribution in [0.25, 0.3) is 22.6 Å². The summed E-state index contributed by atoms with van der Waals surface area (Å²) in [5.74, 6) is 0.949. The second-order valence-corrected chi connectivity index (χ2v) is 7.01. The molecular formula is C24H18N2O3. The van der Waals surface area contributed by atoms with Crippen molar-refractivity contribution in [3.63, 3.8) is 0 Å². The van der Waals surface area contributed by atoms with Crippen LogP contribution in [-0.4, -0.2) is 22.4 Å². The van der Waals surface area contributed by atoms with Crippen LogP contribution < -0.4 is 4.74 Å². The van der Waals surface area contributed by atoms with Crippen molar-refractivity contribution in [2.24, 2.45) is 5.92 Å². The number of Topliss-reactive ketones (excluding diaryl/α,β-unsaturated/α-hetero) is 1. The zero-order chi connectivity index (χ0) is 19.6. The molecule has 1 aliphatic heterocycles. The molecule has 142 valence electrons. The van der Waals surface area contributed by atoms with Gasteiger partial charge in [-0.05, 0) is 41.3 Å². The maximum Gasteiger partial charge on any atom is 0.264 e. The molecule has 1 atom stereocenters. The highest BCUT2D eigenvalue weighted by molar-refractivity contribution is 5.94. The maximum atomic E-state index is 12.9. The van der Waals surface area contributed by atoms with E-state index in [4.69, 9.17) is 9.15 Å². The first kappa shape index (κ1) is 17.4. The lowest BCUT2D eigenvalue weighted by atomic mass is 9.91. The Hall–Kier alpha value is -3.73. The summed E-state index contributed by atoms with van der Waals surface area (Å²) >= 11 is 0. The van der Waals surface area contributed by atoms with Gasteiger partial charge in [0.2, 0.25) is 5.78 Å². The number of rotatable bonds is 4. The molecule has 29 heavy (non-hydrogen) atoms. The lowest BCUT2D eigenvalue weighted by Gasteiger charge is -2.24. The molecule has 2 aromatic carbocycles. The normalized spacial score (nSPS) is 15.4. The van der Waals surface area contributed by atoms with Crippen LogP contribution in [0.2, 0.25) is 0 Å². The maximum absolute atomic E-state index is 12.9. The van der Waals surface area contributed by atoms with E-state index in [9.17, 15) is 4.79 Å². The SMILES string of the molecule is O=C(c1ncc(-c2ccccn2)o1)[C@H]1COc2cc(-c3ccccc3)ccc2C1. The fourth-order valence-corrected chi connectivity index (χ4v) is 3.54. The highest BCUT2D eigenvalue weighted by Crippen LogP contribution is 2.33. The number of carbonyl (C=O) groups excluding carboxylic acids is 1. The first-order chi connectivity index (χ1) is 14.3. The van der Waals surface area contributed by atoms with E-state index in [2.05, 4.69) is 28.2 Å². The van der Waals surface area contributed by atoms with Crippen LogP contribution in [-0.2, 0) is 6.42 Å². The zero-order valence-electron chi connectivity index (χ0n) is 15.6. The van der Waals surface area contributed by atoms with E-state index in [1.165, 1.54) is 0 Å². The van der Waals surface area contributed by atoms with E-state index in [0.717, 1.165) is 22.4 Å². The van der Waals surface area contributed by atoms with Crippen molar-refractivity contribution in [2.45, 2.75) is 6.42 Å². The van der Waals surface area contributed by atoms with Crippen molar-refractivity contribution < 1.29 is 13.9 Å². The predicted molar refractivity (Wildman–Crippen MR) is 109 cm³/mol. The van der Waals surface area contributed by atoms with Gasteiger partial charge in [0.15, 0.2) is 5.76 Å². The fraction of sp³-hybridized carbons (Fsp3) is 0.125. The molecule has 0 N–H and O–H groups in total. The predicted octanol–water partition coefficient (Wildman–Crippen LogP) is 4.84. The van der Waals surface area contributed by atoms with E-state index < -0.39 is 0 Å². The molecule has 5 rings (SSSR count). The van der Waals surface area contributed by atoms with E-state index in [-0.39, 0.29) is 17.6 Å². The molecule has 0 bridgehead atoms. The third-order valence-corrected chi connectivity index (χ3v) is 5.09. The number of fused-ring (bicyclic) bond motifs is 1. The summed E-state index contributed by atoms with van der Waals surface area (Å²) in [7, 11) is 0. The van der Waals surface area contributed by atoms with Gasteiger partial charge in [-0.3, -0.25) is 9.78 Å². The fourth-order valence-electron chi connectivity index (χ4n) is 3.54. The van der Waals surface area contributed by atoms with Gasteiger partial charge in [-0.15, -0.1) is 0 Å². The molecule has 0 spiro atoms. The molecule has 5 heteroatoms. The average Bonchev–Trinajstić information content (AvgIpc) is 3.29. The summed E-state index contributed by atoms with van der Waals surface area (Å²) in [6.07, 6.45) is 3.82. The van der Waals surface area contributed by atoms with Gasteiger partial charge in [0, 0.05) is 6.20 Å². The molecule has 0 aliphatic carbocycles. The third-order valence-electron chi connectivity index (χ3n) is 5.09. The number of carbonyl (C=O) groups is 1. The van der Waals surface area contributed by atoms with Crippen LogP contribution in [0, 0.1) is 5.92 Å². The number of ketones is 1. The van der Waals surface area contributed by atoms with Crippen LogP contribution in [0.4, 0.5) is 0 Å². The van der Waals surface area contributed by atoms with Gasteiger partial charge < -0.3 is 9.15 Å². The van der Waals surface area contributed by atoms with Gasteiger partial charge in [0.1, 0.15) is 11.4 Å². The number of benzene rings is 2. The summed E-state index contributed by atoms with van der Waals surface area (Å²) in [6.45, 7) is 0.311. The van der Waals surface area contributed by atoms with Crippen LogP contribution in [0.3, 0.4) is 0 Å². The standard InChI is InChI=1S/C24H18N2O3/c27-23(24-26-14-22(29-24)20-8-4-5-11-25-20)19-12-18-10-9-17(13-21(18)28-15-19)16-6-2-1-3-7-16/h1-11,13-14,19H,12,15H2/t19-/m1/s1. The highest BCUT2D eigenvalue weighted by atomic mass is 16.5. The molecule has 4 aromatic rings. The van der Waals surface area contributed by atoms with Crippen LogP contribution in [0.15, 0.2) is 83.5 Å². The Balaban J connectivity index is 1.34. The number of ether oxygens (including phenoxy) is 1. The van der Waals surface area contributed by atoms with E-state index >= 15 is 0 Å². The highest BCUT2D eigenvalue weighted by Gasteiger charge is 2.30. The minimum absolute atomic E-state index is 0.101. The average molecular weight is 382 g/mol. The minimum atomic E-state index is -0.319. The Kier molecular flexibility index (Phi) is 4.41. The van der Waals surface area contributed by atoms with E-state index in [1.54, 1.807) is 12.4 Å². The Bertz CT molecular complexity index is 1150. The summed E-state index contributed by atoms with van der Waals surface area (Å²) < 4.78 is 11.6.